The highest BCUT2D eigenvalue weighted by molar-refractivity contribution is 9.10. The van der Waals surface area contributed by atoms with Crippen LogP contribution in [-0.2, 0) is 6.61 Å². The summed E-state index contributed by atoms with van der Waals surface area (Å²) in [5.74, 6) is 0.497. The molecule has 4 nitrogen and oxygen atoms in total. The van der Waals surface area contributed by atoms with Gasteiger partial charge in [-0.05, 0) is 42.0 Å². The van der Waals surface area contributed by atoms with Crippen LogP contribution in [0.2, 0.25) is 0 Å². The lowest BCUT2D eigenvalue weighted by Crippen LogP contribution is -2.26. The summed E-state index contributed by atoms with van der Waals surface area (Å²) in [5.41, 5.74) is 1.60. The number of halogens is 1. The summed E-state index contributed by atoms with van der Waals surface area (Å²) < 4.78 is 6.68. The van der Waals surface area contributed by atoms with Crippen molar-refractivity contribution in [1.82, 2.24) is 5.32 Å². The molecule has 1 amide bonds. The molecule has 2 N–H and O–H groups in total. The van der Waals surface area contributed by atoms with Crippen LogP contribution >= 0.6 is 15.9 Å². The summed E-state index contributed by atoms with van der Waals surface area (Å²) >= 11 is 3.42. The second-order valence-corrected chi connectivity index (χ2v) is 5.34. The van der Waals surface area contributed by atoms with Gasteiger partial charge in [0.25, 0.3) is 5.91 Å². The van der Waals surface area contributed by atoms with Crippen molar-refractivity contribution in [2.75, 3.05) is 13.2 Å². The molecule has 2 rings (SSSR count). The summed E-state index contributed by atoms with van der Waals surface area (Å²) in [4.78, 5) is 11.7. The number of hydrogen-bond donors (Lipinski definition) is 2. The molecule has 5 heteroatoms. The molecule has 21 heavy (non-hydrogen) atoms. The van der Waals surface area contributed by atoms with E-state index in [1.54, 1.807) is 24.3 Å². The van der Waals surface area contributed by atoms with Crippen LogP contribution in [0.4, 0.5) is 0 Å². The second kappa shape index (κ2) is 7.81. The SMILES string of the molecule is O=C(NCCO)c1ccc(OCc2cccc(Br)c2)cc1. The normalized spacial score (nSPS) is 10.2. The highest BCUT2D eigenvalue weighted by atomic mass is 79.9. The van der Waals surface area contributed by atoms with Gasteiger partial charge in [-0.1, -0.05) is 28.1 Å². The van der Waals surface area contributed by atoms with Gasteiger partial charge in [-0.25, -0.2) is 0 Å². The minimum absolute atomic E-state index is 0.0699. The zero-order valence-corrected chi connectivity index (χ0v) is 13.0. The Kier molecular flexibility index (Phi) is 5.78. The lowest BCUT2D eigenvalue weighted by molar-refractivity contribution is 0.0944. The van der Waals surface area contributed by atoms with Crippen LogP contribution in [0.1, 0.15) is 15.9 Å². The number of aliphatic hydroxyl groups is 1. The Labute approximate surface area is 131 Å². The van der Waals surface area contributed by atoms with Crippen LogP contribution in [0.3, 0.4) is 0 Å². The topological polar surface area (TPSA) is 58.6 Å². The van der Waals surface area contributed by atoms with E-state index in [9.17, 15) is 4.79 Å². The molecular weight excluding hydrogens is 334 g/mol. The first-order valence-corrected chi connectivity index (χ1v) is 7.34. The number of aliphatic hydroxyl groups excluding tert-OH is 1. The van der Waals surface area contributed by atoms with Crippen molar-refractivity contribution in [2.45, 2.75) is 6.61 Å². The summed E-state index contributed by atoms with van der Waals surface area (Å²) in [6.07, 6.45) is 0. The summed E-state index contributed by atoms with van der Waals surface area (Å²) in [6, 6.07) is 14.8. The number of rotatable bonds is 6. The molecule has 0 fully saturated rings. The number of amides is 1. The van der Waals surface area contributed by atoms with Gasteiger partial charge in [0.1, 0.15) is 12.4 Å². The standard InChI is InChI=1S/C16H16BrNO3/c17-14-3-1-2-12(10-14)11-21-15-6-4-13(5-7-15)16(20)18-8-9-19/h1-7,10,19H,8-9,11H2,(H,18,20). The number of hydrogen-bond acceptors (Lipinski definition) is 3. The second-order valence-electron chi connectivity index (χ2n) is 4.42. The first kappa shape index (κ1) is 15.5. The summed E-state index contributed by atoms with van der Waals surface area (Å²) in [5, 5.41) is 11.3. The van der Waals surface area contributed by atoms with E-state index < -0.39 is 0 Å². The van der Waals surface area contributed by atoms with E-state index >= 15 is 0 Å². The molecule has 0 radical (unpaired) electrons. The first-order valence-electron chi connectivity index (χ1n) is 6.55. The molecule has 0 bridgehead atoms. The van der Waals surface area contributed by atoms with Crippen LogP contribution in [0.5, 0.6) is 5.75 Å². The van der Waals surface area contributed by atoms with Crippen LogP contribution in [0, 0.1) is 0 Å². The van der Waals surface area contributed by atoms with E-state index in [0.29, 0.717) is 17.9 Å². The highest BCUT2D eigenvalue weighted by Gasteiger charge is 2.04. The zero-order chi connectivity index (χ0) is 15.1. The van der Waals surface area contributed by atoms with Crippen LogP contribution < -0.4 is 10.1 Å². The van der Waals surface area contributed by atoms with E-state index in [1.165, 1.54) is 0 Å². The van der Waals surface area contributed by atoms with Gasteiger partial charge in [-0.15, -0.1) is 0 Å². The third-order valence-electron chi connectivity index (χ3n) is 2.81. The van der Waals surface area contributed by atoms with Gasteiger partial charge < -0.3 is 15.2 Å². The van der Waals surface area contributed by atoms with Crippen molar-refractivity contribution >= 4 is 21.8 Å². The maximum absolute atomic E-state index is 11.7. The van der Waals surface area contributed by atoms with Gasteiger partial charge in [-0.2, -0.15) is 0 Å². The molecular formula is C16H16BrNO3. The van der Waals surface area contributed by atoms with Crippen molar-refractivity contribution in [2.24, 2.45) is 0 Å². The number of nitrogens with one attached hydrogen (secondary N) is 1. The van der Waals surface area contributed by atoms with Crippen molar-refractivity contribution < 1.29 is 14.6 Å². The van der Waals surface area contributed by atoms with E-state index in [1.807, 2.05) is 24.3 Å². The fraction of sp³-hybridized carbons (Fsp3) is 0.188. The van der Waals surface area contributed by atoms with Crippen molar-refractivity contribution in [3.63, 3.8) is 0 Å². The molecule has 0 aliphatic heterocycles. The fourth-order valence-corrected chi connectivity index (χ4v) is 2.21. The van der Waals surface area contributed by atoms with Gasteiger partial charge in [0.15, 0.2) is 0 Å². The smallest absolute Gasteiger partial charge is 0.251 e. The predicted molar refractivity (Wildman–Crippen MR) is 84.3 cm³/mol. The third kappa shape index (κ3) is 4.88. The molecule has 0 unspecified atom stereocenters. The highest BCUT2D eigenvalue weighted by Crippen LogP contribution is 2.16. The van der Waals surface area contributed by atoms with Gasteiger partial charge in [0, 0.05) is 16.6 Å². The minimum Gasteiger partial charge on any atom is -0.489 e. The van der Waals surface area contributed by atoms with E-state index in [-0.39, 0.29) is 19.1 Å². The Morgan fingerprint density at radius 2 is 1.95 bits per heavy atom. The molecule has 2 aromatic rings. The van der Waals surface area contributed by atoms with E-state index in [2.05, 4.69) is 21.2 Å². The van der Waals surface area contributed by atoms with Crippen molar-refractivity contribution in [3.05, 3.63) is 64.1 Å². The summed E-state index contributed by atoms with van der Waals surface area (Å²) in [7, 11) is 0. The summed E-state index contributed by atoms with van der Waals surface area (Å²) in [6.45, 7) is 0.648. The maximum Gasteiger partial charge on any atom is 0.251 e. The number of carbonyl (C=O) groups excluding carboxylic acids is 1. The monoisotopic (exact) mass is 349 g/mol. The Morgan fingerprint density at radius 1 is 1.19 bits per heavy atom. The average molecular weight is 350 g/mol. The zero-order valence-electron chi connectivity index (χ0n) is 11.4. The number of carbonyl (C=O) groups is 1. The van der Waals surface area contributed by atoms with Crippen molar-refractivity contribution in [1.29, 1.82) is 0 Å². The van der Waals surface area contributed by atoms with Crippen LogP contribution in [-0.4, -0.2) is 24.2 Å². The molecule has 2 aromatic carbocycles. The van der Waals surface area contributed by atoms with Gasteiger partial charge in [0.2, 0.25) is 0 Å². The Bertz CT molecular complexity index is 599. The third-order valence-corrected chi connectivity index (χ3v) is 3.30. The largest absolute Gasteiger partial charge is 0.489 e. The lowest BCUT2D eigenvalue weighted by atomic mass is 10.2. The van der Waals surface area contributed by atoms with E-state index in [4.69, 9.17) is 9.84 Å². The van der Waals surface area contributed by atoms with Crippen molar-refractivity contribution in [3.8, 4) is 5.75 Å². The maximum atomic E-state index is 11.7. The van der Waals surface area contributed by atoms with Gasteiger partial charge in [-0.3, -0.25) is 4.79 Å². The Hall–Kier alpha value is -1.85. The Balaban J connectivity index is 1.92. The molecule has 0 spiro atoms. The molecule has 0 heterocycles. The molecule has 0 aliphatic carbocycles. The number of benzene rings is 2. The lowest BCUT2D eigenvalue weighted by Gasteiger charge is -2.08. The predicted octanol–water partition coefficient (Wildman–Crippen LogP) is 2.75. The minimum atomic E-state index is -0.206. The average Bonchev–Trinajstić information content (AvgIpc) is 2.51. The first-order chi connectivity index (χ1) is 10.2. The van der Waals surface area contributed by atoms with Gasteiger partial charge in [0.05, 0.1) is 6.61 Å². The Morgan fingerprint density at radius 3 is 2.62 bits per heavy atom. The van der Waals surface area contributed by atoms with Gasteiger partial charge >= 0.3 is 0 Å². The molecule has 0 aromatic heterocycles. The molecule has 0 saturated carbocycles. The van der Waals surface area contributed by atoms with Crippen LogP contribution in [0.15, 0.2) is 53.0 Å². The molecule has 0 aliphatic rings. The molecule has 0 atom stereocenters. The van der Waals surface area contributed by atoms with E-state index in [0.717, 1.165) is 10.0 Å². The molecule has 110 valence electrons. The number of ether oxygens (including phenoxy) is 1. The fourth-order valence-electron chi connectivity index (χ4n) is 1.77. The van der Waals surface area contributed by atoms with Crippen LogP contribution in [0.25, 0.3) is 0 Å². The molecule has 0 saturated heterocycles. The quantitative estimate of drug-likeness (QED) is 0.842.